The molecule has 2 saturated heterocycles. The van der Waals surface area contributed by atoms with Crippen molar-refractivity contribution in [2.24, 2.45) is 5.92 Å². The van der Waals surface area contributed by atoms with E-state index in [4.69, 9.17) is 16.0 Å². The first-order chi connectivity index (χ1) is 14.0. The van der Waals surface area contributed by atoms with E-state index in [0.717, 1.165) is 0 Å². The Morgan fingerprint density at radius 2 is 1.83 bits per heavy atom. The molecular weight excluding hydrogens is 394 g/mol. The number of likely N-dealkylation sites (tertiary alicyclic amines) is 1. The first-order valence-corrected chi connectivity index (χ1v) is 10.0. The summed E-state index contributed by atoms with van der Waals surface area (Å²) in [5.74, 6) is 0.233. The highest BCUT2D eigenvalue weighted by atomic mass is 35.5. The van der Waals surface area contributed by atoms with Crippen molar-refractivity contribution in [3.8, 4) is 0 Å². The zero-order valence-corrected chi connectivity index (χ0v) is 16.7. The summed E-state index contributed by atoms with van der Waals surface area (Å²) in [6.07, 6.45) is 1.80. The van der Waals surface area contributed by atoms with E-state index in [2.05, 4.69) is 0 Å². The van der Waals surface area contributed by atoms with Crippen LogP contribution in [0.5, 0.6) is 0 Å². The van der Waals surface area contributed by atoms with Gasteiger partial charge in [-0.3, -0.25) is 14.4 Å². The Kier molecular flexibility index (Phi) is 5.58. The van der Waals surface area contributed by atoms with Crippen molar-refractivity contribution in [2.75, 3.05) is 32.7 Å². The second-order valence-electron chi connectivity index (χ2n) is 7.38. The number of halogens is 1. The van der Waals surface area contributed by atoms with Crippen LogP contribution < -0.4 is 0 Å². The number of benzene rings is 1. The molecule has 0 saturated carbocycles. The monoisotopic (exact) mass is 415 g/mol. The minimum absolute atomic E-state index is 0.0184. The van der Waals surface area contributed by atoms with E-state index < -0.39 is 0 Å². The Morgan fingerprint density at radius 1 is 1.07 bits per heavy atom. The Morgan fingerprint density at radius 3 is 2.52 bits per heavy atom. The van der Waals surface area contributed by atoms with Crippen LogP contribution >= 0.6 is 11.6 Å². The van der Waals surface area contributed by atoms with Gasteiger partial charge in [-0.1, -0.05) is 17.7 Å². The molecule has 0 N–H and O–H groups in total. The molecule has 1 aromatic heterocycles. The van der Waals surface area contributed by atoms with Crippen LogP contribution in [0.1, 0.15) is 22.5 Å². The number of furan rings is 1. The first-order valence-electron chi connectivity index (χ1n) is 9.65. The predicted octanol–water partition coefficient (Wildman–Crippen LogP) is 2.27. The molecule has 2 fully saturated rings. The highest BCUT2D eigenvalue weighted by Gasteiger charge is 2.37. The van der Waals surface area contributed by atoms with Crippen molar-refractivity contribution in [3.05, 3.63) is 59.0 Å². The summed E-state index contributed by atoms with van der Waals surface area (Å²) in [6, 6.07) is 10.5. The first kappa shape index (κ1) is 19.5. The van der Waals surface area contributed by atoms with Crippen LogP contribution in [0, 0.1) is 5.92 Å². The normalized spacial score (nSPS) is 19.7. The molecule has 0 spiro atoms. The van der Waals surface area contributed by atoms with Crippen molar-refractivity contribution in [1.29, 1.82) is 0 Å². The van der Waals surface area contributed by atoms with Crippen LogP contribution in [0.3, 0.4) is 0 Å². The molecule has 0 unspecified atom stereocenters. The molecule has 0 radical (unpaired) electrons. The molecule has 0 aliphatic carbocycles. The molecule has 29 heavy (non-hydrogen) atoms. The van der Waals surface area contributed by atoms with Gasteiger partial charge in [0.05, 0.1) is 18.7 Å². The average molecular weight is 416 g/mol. The lowest BCUT2D eigenvalue weighted by Crippen LogP contribution is -2.52. The summed E-state index contributed by atoms with van der Waals surface area (Å²) in [5.41, 5.74) is 0.548. The summed E-state index contributed by atoms with van der Waals surface area (Å²) in [6.45, 7) is 2.65. The Balaban J connectivity index is 1.31. The molecule has 0 bridgehead atoms. The Hall–Kier alpha value is -2.80. The van der Waals surface area contributed by atoms with Gasteiger partial charge < -0.3 is 19.1 Å². The van der Waals surface area contributed by atoms with Crippen LogP contribution in [0.4, 0.5) is 0 Å². The van der Waals surface area contributed by atoms with E-state index in [1.54, 1.807) is 51.3 Å². The molecule has 7 nitrogen and oxygen atoms in total. The molecular formula is C21H22ClN3O4. The lowest BCUT2D eigenvalue weighted by atomic mass is 10.1. The topological polar surface area (TPSA) is 74.1 Å². The summed E-state index contributed by atoms with van der Waals surface area (Å²) in [7, 11) is 0. The minimum Gasteiger partial charge on any atom is -0.467 e. The van der Waals surface area contributed by atoms with Gasteiger partial charge in [0.25, 0.3) is 5.91 Å². The molecule has 2 aliphatic heterocycles. The van der Waals surface area contributed by atoms with Crippen molar-refractivity contribution >= 4 is 29.3 Å². The fourth-order valence-electron chi connectivity index (χ4n) is 3.87. The van der Waals surface area contributed by atoms with Gasteiger partial charge in [-0.2, -0.15) is 0 Å². The van der Waals surface area contributed by atoms with Crippen molar-refractivity contribution in [2.45, 2.75) is 13.0 Å². The van der Waals surface area contributed by atoms with Crippen LogP contribution in [0.25, 0.3) is 0 Å². The summed E-state index contributed by atoms with van der Waals surface area (Å²) in [4.78, 5) is 42.9. The molecule has 3 amide bonds. The largest absolute Gasteiger partial charge is 0.467 e. The van der Waals surface area contributed by atoms with Crippen LogP contribution in [0.15, 0.2) is 47.1 Å². The number of hydrogen-bond acceptors (Lipinski definition) is 4. The van der Waals surface area contributed by atoms with Crippen molar-refractivity contribution < 1.29 is 18.8 Å². The van der Waals surface area contributed by atoms with Gasteiger partial charge in [-0.15, -0.1) is 0 Å². The highest BCUT2D eigenvalue weighted by molar-refractivity contribution is 6.30. The molecule has 1 aromatic carbocycles. The average Bonchev–Trinajstić information content (AvgIpc) is 3.37. The third-order valence-electron chi connectivity index (χ3n) is 5.44. The number of amides is 3. The van der Waals surface area contributed by atoms with Gasteiger partial charge in [0.15, 0.2) is 0 Å². The van der Waals surface area contributed by atoms with E-state index >= 15 is 0 Å². The Labute approximate surface area is 173 Å². The number of hydrogen-bond donors (Lipinski definition) is 0. The predicted molar refractivity (Wildman–Crippen MR) is 106 cm³/mol. The standard InChI is InChI=1S/C21H22ClN3O4/c22-17-4-1-3-15(11-17)20(27)23-6-8-24(9-7-23)21(28)16-12-19(26)25(13-16)14-18-5-2-10-29-18/h1-5,10-11,16H,6-9,12-14H2/t16-/m1/s1. The third-order valence-corrected chi connectivity index (χ3v) is 5.68. The van der Waals surface area contributed by atoms with Gasteiger partial charge in [0.1, 0.15) is 5.76 Å². The van der Waals surface area contributed by atoms with Gasteiger partial charge in [0, 0.05) is 49.7 Å². The van der Waals surface area contributed by atoms with Crippen LogP contribution in [-0.2, 0) is 16.1 Å². The molecule has 2 aliphatic rings. The lowest BCUT2D eigenvalue weighted by molar-refractivity contribution is -0.137. The maximum absolute atomic E-state index is 12.9. The van der Waals surface area contributed by atoms with Gasteiger partial charge in [0.2, 0.25) is 11.8 Å². The second kappa shape index (κ2) is 8.29. The summed E-state index contributed by atoms with van der Waals surface area (Å²) < 4.78 is 5.30. The van der Waals surface area contributed by atoms with Crippen LogP contribution in [0.2, 0.25) is 5.02 Å². The van der Waals surface area contributed by atoms with E-state index in [1.807, 2.05) is 6.07 Å². The third kappa shape index (κ3) is 4.29. The summed E-state index contributed by atoms with van der Waals surface area (Å²) >= 11 is 5.97. The Bertz CT molecular complexity index is 906. The highest BCUT2D eigenvalue weighted by Crippen LogP contribution is 2.23. The maximum atomic E-state index is 12.9. The smallest absolute Gasteiger partial charge is 0.254 e. The maximum Gasteiger partial charge on any atom is 0.254 e. The van der Waals surface area contributed by atoms with Crippen molar-refractivity contribution in [1.82, 2.24) is 14.7 Å². The molecule has 4 rings (SSSR count). The molecule has 152 valence electrons. The van der Waals surface area contributed by atoms with E-state index in [1.165, 1.54) is 0 Å². The van der Waals surface area contributed by atoms with Gasteiger partial charge >= 0.3 is 0 Å². The number of carbonyl (C=O) groups excluding carboxylic acids is 3. The van der Waals surface area contributed by atoms with Crippen LogP contribution in [-0.4, -0.2) is 65.1 Å². The van der Waals surface area contributed by atoms with Gasteiger partial charge in [-0.25, -0.2) is 0 Å². The quantitative estimate of drug-likeness (QED) is 0.767. The van der Waals surface area contributed by atoms with E-state index in [9.17, 15) is 14.4 Å². The zero-order valence-electron chi connectivity index (χ0n) is 15.9. The second-order valence-corrected chi connectivity index (χ2v) is 7.82. The molecule has 8 heteroatoms. The molecule has 3 heterocycles. The zero-order chi connectivity index (χ0) is 20.4. The number of nitrogens with zero attached hydrogens (tertiary/aromatic N) is 3. The number of carbonyl (C=O) groups is 3. The SMILES string of the molecule is O=C1C[C@@H](C(=O)N2CCN(C(=O)c3cccc(Cl)c3)CC2)CN1Cc1ccco1. The summed E-state index contributed by atoms with van der Waals surface area (Å²) in [5, 5.41) is 0.523. The van der Waals surface area contributed by atoms with Crippen molar-refractivity contribution in [3.63, 3.8) is 0 Å². The van der Waals surface area contributed by atoms with Gasteiger partial charge in [-0.05, 0) is 30.3 Å². The number of piperazine rings is 1. The van der Waals surface area contributed by atoms with E-state index in [-0.39, 0.29) is 30.1 Å². The fourth-order valence-corrected chi connectivity index (χ4v) is 4.06. The molecule has 2 aromatic rings. The molecule has 1 atom stereocenters. The lowest BCUT2D eigenvalue weighted by Gasteiger charge is -2.36. The fraction of sp³-hybridized carbons (Fsp3) is 0.381. The minimum atomic E-state index is -0.340. The van der Waals surface area contributed by atoms with E-state index in [0.29, 0.717) is 55.6 Å². The number of rotatable bonds is 4.